The second kappa shape index (κ2) is 7.05. The third-order valence-corrected chi connectivity index (χ3v) is 6.57. The highest BCUT2D eigenvalue weighted by atomic mass is 16.5. The Balaban J connectivity index is 1.70. The summed E-state index contributed by atoms with van der Waals surface area (Å²) in [5.41, 5.74) is 3.56. The van der Waals surface area contributed by atoms with E-state index in [-0.39, 0.29) is 11.7 Å². The molecule has 0 aromatic heterocycles. The van der Waals surface area contributed by atoms with E-state index in [0.29, 0.717) is 28.0 Å². The Labute approximate surface area is 184 Å². The number of ketones is 1. The van der Waals surface area contributed by atoms with Gasteiger partial charge in [-0.1, -0.05) is 36.4 Å². The summed E-state index contributed by atoms with van der Waals surface area (Å²) in [7, 11) is 4.40. The van der Waals surface area contributed by atoms with Gasteiger partial charge in [-0.05, 0) is 17.7 Å². The van der Waals surface area contributed by atoms with E-state index in [2.05, 4.69) is 5.32 Å². The molecule has 1 saturated heterocycles. The lowest BCUT2D eigenvalue weighted by molar-refractivity contribution is -0.138. The highest BCUT2D eigenvalue weighted by Crippen LogP contribution is 2.49. The summed E-state index contributed by atoms with van der Waals surface area (Å²) in [6.07, 6.45) is -0.616. The topological polar surface area (TPSA) is 96.0 Å². The van der Waals surface area contributed by atoms with Gasteiger partial charge in [-0.15, -0.1) is 0 Å². The van der Waals surface area contributed by atoms with Crippen molar-refractivity contribution in [3.63, 3.8) is 0 Å². The minimum atomic E-state index is -0.705. The smallest absolute Gasteiger partial charge is 0.337 e. The number of methoxy groups -OCH3 is 1. The number of amides is 3. The molecule has 3 atom stereocenters. The molecule has 0 bridgehead atoms. The maximum absolute atomic E-state index is 13.5. The van der Waals surface area contributed by atoms with E-state index in [4.69, 9.17) is 4.74 Å². The molecule has 0 spiro atoms. The van der Waals surface area contributed by atoms with Crippen LogP contribution in [0.1, 0.15) is 37.8 Å². The molecule has 1 N–H and O–H groups in total. The second-order valence-corrected chi connectivity index (χ2v) is 8.16. The molecule has 32 heavy (non-hydrogen) atoms. The van der Waals surface area contributed by atoms with Crippen molar-refractivity contribution in [3.8, 4) is 0 Å². The highest BCUT2D eigenvalue weighted by molar-refractivity contribution is 6.22. The number of carbonyl (C=O) groups excluding carboxylic acids is 4. The van der Waals surface area contributed by atoms with Crippen molar-refractivity contribution in [2.24, 2.45) is 5.92 Å². The number of nitrogens with zero attached hydrogens (tertiary/aromatic N) is 2. The van der Waals surface area contributed by atoms with E-state index in [1.165, 1.54) is 19.1 Å². The fourth-order valence-electron chi connectivity index (χ4n) is 4.96. The van der Waals surface area contributed by atoms with Crippen molar-refractivity contribution in [2.45, 2.75) is 12.1 Å². The maximum Gasteiger partial charge on any atom is 0.337 e. The minimum absolute atomic E-state index is 0.140. The van der Waals surface area contributed by atoms with Gasteiger partial charge in [0.15, 0.2) is 5.78 Å². The third-order valence-electron chi connectivity index (χ3n) is 6.57. The lowest BCUT2D eigenvalue weighted by atomic mass is 9.73. The lowest BCUT2D eigenvalue weighted by Gasteiger charge is -2.48. The summed E-state index contributed by atoms with van der Waals surface area (Å²) >= 11 is 0. The number of Topliss-reactive ketones (excluding diaryl/α,β-unsaturated/α-hetero) is 1. The Morgan fingerprint density at radius 1 is 0.969 bits per heavy atom. The molecule has 2 heterocycles. The molecule has 3 aliphatic rings. The molecule has 1 aliphatic carbocycles. The van der Waals surface area contributed by atoms with Gasteiger partial charge in [-0.3, -0.25) is 14.5 Å². The first-order valence-electron chi connectivity index (χ1n) is 10.2. The van der Waals surface area contributed by atoms with Crippen LogP contribution in [0.5, 0.6) is 0 Å². The van der Waals surface area contributed by atoms with Gasteiger partial charge in [0.05, 0.1) is 24.3 Å². The van der Waals surface area contributed by atoms with Gasteiger partial charge in [0, 0.05) is 36.7 Å². The number of nitrogens with one attached hydrogen (secondary N) is 1. The zero-order valence-electron chi connectivity index (χ0n) is 17.8. The van der Waals surface area contributed by atoms with Gasteiger partial charge < -0.3 is 15.0 Å². The number of imide groups is 1. The summed E-state index contributed by atoms with van der Waals surface area (Å²) < 4.78 is 4.78. The van der Waals surface area contributed by atoms with Crippen LogP contribution >= 0.6 is 0 Å². The number of carbonyl (C=O) groups is 4. The molecule has 8 heteroatoms. The molecule has 2 aliphatic heterocycles. The van der Waals surface area contributed by atoms with Crippen LogP contribution in [0.25, 0.3) is 5.70 Å². The van der Waals surface area contributed by atoms with Crippen LogP contribution in [0.4, 0.5) is 4.79 Å². The van der Waals surface area contributed by atoms with Crippen LogP contribution in [0.15, 0.2) is 54.1 Å². The van der Waals surface area contributed by atoms with Crippen LogP contribution < -0.4 is 5.32 Å². The van der Waals surface area contributed by atoms with Crippen LogP contribution in [0, 0.1) is 5.92 Å². The van der Waals surface area contributed by atoms with Gasteiger partial charge in [0.25, 0.3) is 0 Å². The van der Waals surface area contributed by atoms with E-state index in [1.54, 1.807) is 43.4 Å². The zero-order valence-corrected chi connectivity index (χ0v) is 17.8. The zero-order chi connectivity index (χ0) is 22.7. The quantitative estimate of drug-likeness (QED) is 0.733. The normalized spacial score (nSPS) is 24.1. The van der Waals surface area contributed by atoms with Crippen molar-refractivity contribution >= 4 is 29.4 Å². The van der Waals surface area contributed by atoms with Crippen LogP contribution in [-0.4, -0.2) is 60.9 Å². The number of hydrogen-bond donors (Lipinski definition) is 1. The Morgan fingerprint density at radius 2 is 1.62 bits per heavy atom. The molecule has 3 amide bonds. The van der Waals surface area contributed by atoms with E-state index < -0.39 is 30.0 Å². The van der Waals surface area contributed by atoms with Crippen molar-refractivity contribution in [1.29, 1.82) is 0 Å². The average Bonchev–Trinajstić information content (AvgIpc) is 3.11. The van der Waals surface area contributed by atoms with E-state index in [0.717, 1.165) is 10.5 Å². The summed E-state index contributed by atoms with van der Waals surface area (Å²) in [6.45, 7) is 0. The molecular weight excluding hydrogens is 410 g/mol. The molecule has 1 fully saturated rings. The fraction of sp³-hybridized carbons (Fsp3) is 0.250. The SMILES string of the molecule is COC(=O)c1ccc(C2C3=C(NC4C2C(=O)N(C)C(=O)N4C)c2ccccc2C3=O)cc1. The van der Waals surface area contributed by atoms with E-state index in [1.807, 2.05) is 12.1 Å². The largest absolute Gasteiger partial charge is 0.465 e. The van der Waals surface area contributed by atoms with Gasteiger partial charge in [-0.2, -0.15) is 0 Å². The number of urea groups is 1. The van der Waals surface area contributed by atoms with Crippen molar-refractivity contribution in [1.82, 2.24) is 15.1 Å². The highest BCUT2D eigenvalue weighted by Gasteiger charge is 2.54. The Kier molecular flexibility index (Phi) is 4.40. The molecule has 0 saturated carbocycles. The first-order chi connectivity index (χ1) is 15.3. The summed E-state index contributed by atoms with van der Waals surface area (Å²) in [5.74, 6) is -2.26. The van der Waals surface area contributed by atoms with Crippen molar-refractivity contribution in [2.75, 3.05) is 21.2 Å². The summed E-state index contributed by atoms with van der Waals surface area (Å²) in [6, 6.07) is 13.6. The number of rotatable bonds is 2. The Morgan fingerprint density at radius 3 is 2.28 bits per heavy atom. The maximum atomic E-state index is 13.5. The minimum Gasteiger partial charge on any atom is -0.465 e. The molecule has 5 rings (SSSR count). The Hall–Kier alpha value is -3.94. The van der Waals surface area contributed by atoms with E-state index in [9.17, 15) is 19.2 Å². The van der Waals surface area contributed by atoms with Crippen LogP contribution in [-0.2, 0) is 9.53 Å². The van der Waals surface area contributed by atoms with Gasteiger partial charge in [0.1, 0.15) is 6.17 Å². The second-order valence-electron chi connectivity index (χ2n) is 8.16. The third kappa shape index (κ3) is 2.62. The number of fused-ring (bicyclic) bond motifs is 3. The summed E-state index contributed by atoms with van der Waals surface area (Å²) in [4.78, 5) is 53.9. The fourth-order valence-corrected chi connectivity index (χ4v) is 4.96. The van der Waals surface area contributed by atoms with Gasteiger partial charge >= 0.3 is 12.0 Å². The lowest BCUT2D eigenvalue weighted by Crippen LogP contribution is -2.66. The molecule has 3 unspecified atom stereocenters. The monoisotopic (exact) mass is 431 g/mol. The number of esters is 1. The number of allylic oxidation sites excluding steroid dienone is 1. The molecule has 0 radical (unpaired) electrons. The Bertz CT molecular complexity index is 1220. The standard InChI is InChI=1S/C24H21N3O5/c1-26-21-18(22(29)27(2)24(26)31)16(12-8-10-13(11-9-12)23(30)32-3)17-19(25-21)14-6-4-5-7-15(14)20(17)28/h4-11,16,18,21,25H,1-3H3. The molecule has 2 aromatic rings. The average molecular weight is 431 g/mol. The van der Waals surface area contributed by atoms with Crippen LogP contribution in [0.2, 0.25) is 0 Å². The first-order valence-corrected chi connectivity index (χ1v) is 10.2. The van der Waals surface area contributed by atoms with Crippen molar-refractivity contribution < 1.29 is 23.9 Å². The van der Waals surface area contributed by atoms with Gasteiger partial charge in [0.2, 0.25) is 5.91 Å². The predicted octanol–water partition coefficient (Wildman–Crippen LogP) is 2.23. The molecule has 8 nitrogen and oxygen atoms in total. The molecule has 162 valence electrons. The molecule has 2 aromatic carbocycles. The number of benzene rings is 2. The summed E-state index contributed by atoms with van der Waals surface area (Å²) in [5, 5.41) is 3.32. The first kappa shape index (κ1) is 20.0. The predicted molar refractivity (Wildman–Crippen MR) is 115 cm³/mol. The molecular formula is C24H21N3O5. The number of hydrogen-bond acceptors (Lipinski definition) is 6. The van der Waals surface area contributed by atoms with Gasteiger partial charge in [-0.25, -0.2) is 9.59 Å². The van der Waals surface area contributed by atoms with Crippen LogP contribution in [0.3, 0.4) is 0 Å². The van der Waals surface area contributed by atoms with E-state index >= 15 is 0 Å². The van der Waals surface area contributed by atoms with Crippen molar-refractivity contribution in [3.05, 3.63) is 76.4 Å². The number of ether oxygens (including phenoxy) is 1.